The molecular formula is C13H18FNO. The third-order valence-electron chi connectivity index (χ3n) is 3.27. The molecule has 1 saturated carbocycles. The van der Waals surface area contributed by atoms with Crippen LogP contribution in [-0.4, -0.2) is 12.6 Å². The summed E-state index contributed by atoms with van der Waals surface area (Å²) < 4.78 is 18.7. The standard InChI is InChI=1S/C13H18FNO/c14-11-7-3-4-8-13(11)16-9-12(15)10-5-1-2-6-10/h3-4,7-8,10,12H,1-2,5-6,9,15H2. The van der Waals surface area contributed by atoms with Crippen LogP contribution in [0.15, 0.2) is 24.3 Å². The zero-order chi connectivity index (χ0) is 11.4. The monoisotopic (exact) mass is 223 g/mol. The van der Waals surface area contributed by atoms with Crippen LogP contribution in [-0.2, 0) is 0 Å². The summed E-state index contributed by atoms with van der Waals surface area (Å²) in [5.74, 6) is 0.531. The molecule has 0 aliphatic heterocycles. The maximum Gasteiger partial charge on any atom is 0.165 e. The van der Waals surface area contributed by atoms with Gasteiger partial charge in [0.2, 0.25) is 0 Å². The summed E-state index contributed by atoms with van der Waals surface area (Å²) in [6, 6.07) is 6.48. The average Bonchev–Trinajstić information content (AvgIpc) is 2.81. The van der Waals surface area contributed by atoms with Crippen molar-refractivity contribution in [2.75, 3.05) is 6.61 Å². The summed E-state index contributed by atoms with van der Waals surface area (Å²) in [4.78, 5) is 0. The predicted molar refractivity (Wildman–Crippen MR) is 61.8 cm³/mol. The van der Waals surface area contributed by atoms with Gasteiger partial charge in [-0.15, -0.1) is 0 Å². The van der Waals surface area contributed by atoms with Crippen LogP contribution in [0, 0.1) is 11.7 Å². The van der Waals surface area contributed by atoms with Crippen LogP contribution in [0.25, 0.3) is 0 Å². The molecule has 1 atom stereocenters. The highest BCUT2D eigenvalue weighted by Crippen LogP contribution is 2.27. The lowest BCUT2D eigenvalue weighted by Gasteiger charge is -2.19. The topological polar surface area (TPSA) is 35.2 Å². The molecule has 1 unspecified atom stereocenters. The second-order valence-electron chi connectivity index (χ2n) is 4.45. The van der Waals surface area contributed by atoms with Crippen LogP contribution in [0.1, 0.15) is 25.7 Å². The molecule has 0 aromatic heterocycles. The summed E-state index contributed by atoms with van der Waals surface area (Å²) >= 11 is 0. The third-order valence-corrected chi connectivity index (χ3v) is 3.27. The maximum absolute atomic E-state index is 13.3. The molecule has 16 heavy (non-hydrogen) atoms. The number of hydrogen-bond donors (Lipinski definition) is 1. The fourth-order valence-electron chi connectivity index (χ4n) is 2.27. The molecule has 3 heteroatoms. The van der Waals surface area contributed by atoms with E-state index in [4.69, 9.17) is 10.5 Å². The molecule has 1 aliphatic rings. The quantitative estimate of drug-likeness (QED) is 0.851. The Kier molecular flexibility index (Phi) is 3.78. The first-order chi connectivity index (χ1) is 7.77. The van der Waals surface area contributed by atoms with Crippen molar-refractivity contribution in [2.45, 2.75) is 31.7 Å². The third kappa shape index (κ3) is 2.73. The first kappa shape index (κ1) is 11.4. The molecule has 88 valence electrons. The van der Waals surface area contributed by atoms with Gasteiger partial charge in [-0.05, 0) is 30.9 Å². The van der Waals surface area contributed by atoms with Gasteiger partial charge < -0.3 is 10.5 Å². The van der Waals surface area contributed by atoms with Crippen LogP contribution in [0.3, 0.4) is 0 Å². The second-order valence-corrected chi connectivity index (χ2v) is 4.45. The Hall–Kier alpha value is -1.09. The Bertz CT molecular complexity index is 336. The number of para-hydroxylation sites is 1. The average molecular weight is 223 g/mol. The van der Waals surface area contributed by atoms with Crippen molar-refractivity contribution in [3.05, 3.63) is 30.1 Å². The van der Waals surface area contributed by atoms with Crippen LogP contribution >= 0.6 is 0 Å². The lowest BCUT2D eigenvalue weighted by atomic mass is 10.00. The highest BCUT2D eigenvalue weighted by Gasteiger charge is 2.22. The van der Waals surface area contributed by atoms with Crippen LogP contribution in [0.4, 0.5) is 4.39 Å². The van der Waals surface area contributed by atoms with Crippen molar-refractivity contribution in [3.63, 3.8) is 0 Å². The summed E-state index contributed by atoms with van der Waals surface area (Å²) in [6.07, 6.45) is 4.89. The second kappa shape index (κ2) is 5.30. The number of rotatable bonds is 4. The normalized spacial score (nSPS) is 18.6. The van der Waals surface area contributed by atoms with E-state index in [1.807, 2.05) is 0 Å². The number of halogens is 1. The molecule has 0 spiro atoms. The van der Waals surface area contributed by atoms with Crippen molar-refractivity contribution in [3.8, 4) is 5.75 Å². The highest BCUT2D eigenvalue weighted by atomic mass is 19.1. The van der Waals surface area contributed by atoms with Crippen LogP contribution in [0.2, 0.25) is 0 Å². The zero-order valence-electron chi connectivity index (χ0n) is 9.36. The molecule has 0 bridgehead atoms. The molecule has 1 aliphatic carbocycles. The first-order valence-corrected chi connectivity index (χ1v) is 5.90. The van der Waals surface area contributed by atoms with Gasteiger partial charge in [0.05, 0.1) is 0 Å². The van der Waals surface area contributed by atoms with Gasteiger partial charge in [-0.25, -0.2) is 4.39 Å². The number of benzene rings is 1. The fourth-order valence-corrected chi connectivity index (χ4v) is 2.27. The van der Waals surface area contributed by atoms with E-state index in [0.29, 0.717) is 18.3 Å². The molecule has 0 saturated heterocycles. The summed E-state index contributed by atoms with van der Waals surface area (Å²) in [5.41, 5.74) is 6.03. The summed E-state index contributed by atoms with van der Waals surface area (Å²) in [6.45, 7) is 0.408. The van der Waals surface area contributed by atoms with Crippen molar-refractivity contribution in [1.82, 2.24) is 0 Å². The molecule has 1 aromatic rings. The van der Waals surface area contributed by atoms with E-state index in [9.17, 15) is 4.39 Å². The SMILES string of the molecule is NC(COc1ccccc1F)C1CCCC1. The molecule has 2 nitrogen and oxygen atoms in total. The minimum absolute atomic E-state index is 0.0297. The smallest absolute Gasteiger partial charge is 0.165 e. The lowest BCUT2D eigenvalue weighted by Crippen LogP contribution is -2.34. The van der Waals surface area contributed by atoms with E-state index in [0.717, 1.165) is 0 Å². The first-order valence-electron chi connectivity index (χ1n) is 5.90. The number of nitrogens with two attached hydrogens (primary N) is 1. The minimum atomic E-state index is -0.318. The van der Waals surface area contributed by atoms with Crippen molar-refractivity contribution < 1.29 is 9.13 Å². The Balaban J connectivity index is 1.84. The van der Waals surface area contributed by atoms with Crippen molar-refractivity contribution in [1.29, 1.82) is 0 Å². The molecular weight excluding hydrogens is 205 g/mol. The van der Waals surface area contributed by atoms with E-state index in [-0.39, 0.29) is 11.9 Å². The van der Waals surface area contributed by atoms with E-state index in [1.54, 1.807) is 18.2 Å². The Morgan fingerprint density at radius 2 is 2.00 bits per heavy atom. The zero-order valence-corrected chi connectivity index (χ0v) is 9.36. The molecule has 0 radical (unpaired) electrons. The van der Waals surface area contributed by atoms with Crippen LogP contribution < -0.4 is 10.5 Å². The molecule has 2 N–H and O–H groups in total. The summed E-state index contributed by atoms with van der Waals surface area (Å²) in [7, 11) is 0. The fraction of sp³-hybridized carbons (Fsp3) is 0.538. The van der Waals surface area contributed by atoms with E-state index in [1.165, 1.54) is 31.7 Å². The van der Waals surface area contributed by atoms with Gasteiger partial charge in [-0.3, -0.25) is 0 Å². The Morgan fingerprint density at radius 3 is 2.69 bits per heavy atom. The van der Waals surface area contributed by atoms with Gasteiger partial charge >= 0.3 is 0 Å². The van der Waals surface area contributed by atoms with Gasteiger partial charge in [0, 0.05) is 6.04 Å². The summed E-state index contributed by atoms with van der Waals surface area (Å²) in [5, 5.41) is 0. The van der Waals surface area contributed by atoms with E-state index >= 15 is 0 Å². The van der Waals surface area contributed by atoms with E-state index in [2.05, 4.69) is 0 Å². The Labute approximate surface area is 95.6 Å². The molecule has 1 fully saturated rings. The maximum atomic E-state index is 13.3. The molecule has 1 aromatic carbocycles. The van der Waals surface area contributed by atoms with Gasteiger partial charge in [-0.1, -0.05) is 25.0 Å². The van der Waals surface area contributed by atoms with Gasteiger partial charge in [0.1, 0.15) is 6.61 Å². The molecule has 0 amide bonds. The van der Waals surface area contributed by atoms with Crippen LogP contribution in [0.5, 0.6) is 5.75 Å². The van der Waals surface area contributed by atoms with Crippen molar-refractivity contribution in [2.24, 2.45) is 11.7 Å². The molecule has 2 rings (SSSR count). The van der Waals surface area contributed by atoms with Crippen molar-refractivity contribution >= 4 is 0 Å². The predicted octanol–water partition coefficient (Wildman–Crippen LogP) is 2.72. The Morgan fingerprint density at radius 1 is 1.31 bits per heavy atom. The highest BCUT2D eigenvalue weighted by molar-refractivity contribution is 5.23. The lowest BCUT2D eigenvalue weighted by molar-refractivity contribution is 0.238. The molecule has 0 heterocycles. The van der Waals surface area contributed by atoms with Gasteiger partial charge in [0.15, 0.2) is 11.6 Å². The largest absolute Gasteiger partial charge is 0.489 e. The number of hydrogen-bond acceptors (Lipinski definition) is 2. The van der Waals surface area contributed by atoms with Gasteiger partial charge in [-0.2, -0.15) is 0 Å². The number of ether oxygens (including phenoxy) is 1. The van der Waals surface area contributed by atoms with E-state index < -0.39 is 0 Å². The van der Waals surface area contributed by atoms with Gasteiger partial charge in [0.25, 0.3) is 0 Å². The minimum Gasteiger partial charge on any atom is -0.489 e.